The second-order valence-corrected chi connectivity index (χ2v) is 6.31. The topological polar surface area (TPSA) is 42.1 Å². The average molecular weight is 342 g/mol. The number of aromatic nitrogens is 1. The van der Waals surface area contributed by atoms with Crippen molar-refractivity contribution in [2.75, 3.05) is 6.61 Å². The van der Waals surface area contributed by atoms with Gasteiger partial charge in [0.25, 0.3) is 0 Å². The fourth-order valence-corrected chi connectivity index (χ4v) is 2.90. The highest BCUT2D eigenvalue weighted by molar-refractivity contribution is 6.30. The second-order valence-electron chi connectivity index (χ2n) is 5.87. The van der Waals surface area contributed by atoms with Crippen molar-refractivity contribution in [3.63, 3.8) is 0 Å². The Kier molecular flexibility index (Phi) is 4.91. The van der Waals surface area contributed by atoms with Crippen molar-refractivity contribution in [2.45, 2.75) is 26.7 Å². The first-order valence-electron chi connectivity index (χ1n) is 8.15. The third kappa shape index (κ3) is 3.31. The fraction of sp³-hybridized carbons (Fsp3) is 0.250. The second kappa shape index (κ2) is 7.10. The molecular formula is C20H20ClNO2. The van der Waals surface area contributed by atoms with Crippen LogP contribution in [0.5, 0.6) is 5.75 Å². The van der Waals surface area contributed by atoms with E-state index in [0.717, 1.165) is 35.2 Å². The smallest absolute Gasteiger partial charge is 0.195 e. The first-order valence-corrected chi connectivity index (χ1v) is 8.53. The predicted octanol–water partition coefficient (Wildman–Crippen LogP) is 5.54. The molecular weight excluding hydrogens is 322 g/mol. The molecule has 0 aliphatic carbocycles. The molecule has 1 heterocycles. The maximum absolute atomic E-state index is 12.9. The molecule has 3 rings (SSSR count). The van der Waals surface area contributed by atoms with Crippen LogP contribution in [0, 0.1) is 6.92 Å². The van der Waals surface area contributed by atoms with E-state index in [1.54, 1.807) is 24.3 Å². The lowest BCUT2D eigenvalue weighted by molar-refractivity contribution is 0.103. The van der Waals surface area contributed by atoms with Gasteiger partial charge in [0.15, 0.2) is 5.78 Å². The Bertz CT molecular complexity index is 865. The van der Waals surface area contributed by atoms with Crippen LogP contribution in [-0.4, -0.2) is 17.4 Å². The molecule has 0 amide bonds. The average Bonchev–Trinajstić information content (AvgIpc) is 2.90. The van der Waals surface area contributed by atoms with E-state index in [2.05, 4.69) is 11.9 Å². The Morgan fingerprint density at radius 2 is 1.92 bits per heavy atom. The van der Waals surface area contributed by atoms with E-state index in [4.69, 9.17) is 16.3 Å². The van der Waals surface area contributed by atoms with E-state index in [0.29, 0.717) is 22.8 Å². The number of hydrogen-bond donors (Lipinski definition) is 1. The van der Waals surface area contributed by atoms with Gasteiger partial charge in [-0.1, -0.05) is 24.9 Å². The van der Waals surface area contributed by atoms with Crippen LogP contribution in [0.25, 0.3) is 10.9 Å². The first kappa shape index (κ1) is 16.6. The van der Waals surface area contributed by atoms with Crippen LogP contribution in [0.3, 0.4) is 0 Å². The van der Waals surface area contributed by atoms with Crippen molar-refractivity contribution >= 4 is 28.3 Å². The molecule has 124 valence electrons. The van der Waals surface area contributed by atoms with Crippen molar-refractivity contribution in [3.05, 3.63) is 64.3 Å². The predicted molar refractivity (Wildman–Crippen MR) is 98.3 cm³/mol. The van der Waals surface area contributed by atoms with Gasteiger partial charge in [-0.3, -0.25) is 4.79 Å². The van der Waals surface area contributed by atoms with E-state index in [1.165, 1.54) is 0 Å². The summed E-state index contributed by atoms with van der Waals surface area (Å²) >= 11 is 5.91. The highest BCUT2D eigenvalue weighted by Gasteiger charge is 2.18. The number of carbonyl (C=O) groups is 1. The number of benzene rings is 2. The molecule has 4 heteroatoms. The highest BCUT2D eigenvalue weighted by Crippen LogP contribution is 2.28. The molecule has 3 aromatic rings. The van der Waals surface area contributed by atoms with Gasteiger partial charge in [-0.2, -0.15) is 0 Å². The molecule has 2 aromatic carbocycles. The number of H-pyrrole nitrogens is 1. The molecule has 1 aromatic heterocycles. The number of ketones is 1. The largest absolute Gasteiger partial charge is 0.494 e. The Labute approximate surface area is 146 Å². The summed E-state index contributed by atoms with van der Waals surface area (Å²) < 4.78 is 5.74. The number of ether oxygens (including phenoxy) is 1. The number of aryl methyl sites for hydroxylation is 1. The van der Waals surface area contributed by atoms with E-state index in [9.17, 15) is 4.79 Å². The molecule has 0 aliphatic rings. The third-order valence-corrected chi connectivity index (χ3v) is 4.31. The normalized spacial score (nSPS) is 11.0. The molecule has 0 spiro atoms. The summed E-state index contributed by atoms with van der Waals surface area (Å²) in [6, 6.07) is 12.8. The monoisotopic (exact) mass is 341 g/mol. The van der Waals surface area contributed by atoms with Gasteiger partial charge in [0.1, 0.15) is 5.75 Å². The lowest BCUT2D eigenvalue weighted by atomic mass is 10.0. The first-order chi connectivity index (χ1) is 11.6. The number of carbonyl (C=O) groups excluding carboxylic acids is 1. The lowest BCUT2D eigenvalue weighted by Gasteiger charge is -2.05. The Balaban J connectivity index is 1.95. The minimum atomic E-state index is -0.00457. The molecule has 0 saturated heterocycles. The SMILES string of the molecule is CCCCOc1ccc2c(C(=O)c3ccc(Cl)cc3)c(C)[nH]c2c1. The Morgan fingerprint density at radius 1 is 1.17 bits per heavy atom. The molecule has 0 radical (unpaired) electrons. The number of hydrogen-bond acceptors (Lipinski definition) is 2. The Hall–Kier alpha value is -2.26. The number of nitrogens with one attached hydrogen (secondary N) is 1. The van der Waals surface area contributed by atoms with E-state index >= 15 is 0 Å². The van der Waals surface area contributed by atoms with Gasteiger partial charge in [-0.15, -0.1) is 0 Å². The van der Waals surface area contributed by atoms with E-state index in [1.807, 2.05) is 25.1 Å². The molecule has 0 bridgehead atoms. The number of halogens is 1. The maximum Gasteiger partial charge on any atom is 0.195 e. The Morgan fingerprint density at radius 3 is 2.62 bits per heavy atom. The van der Waals surface area contributed by atoms with Gasteiger partial charge in [0.05, 0.1) is 17.7 Å². The summed E-state index contributed by atoms with van der Waals surface area (Å²) in [6.45, 7) is 4.76. The van der Waals surface area contributed by atoms with Crippen LogP contribution in [0.4, 0.5) is 0 Å². The van der Waals surface area contributed by atoms with Crippen molar-refractivity contribution in [1.29, 1.82) is 0 Å². The van der Waals surface area contributed by atoms with Crippen molar-refractivity contribution < 1.29 is 9.53 Å². The molecule has 24 heavy (non-hydrogen) atoms. The van der Waals surface area contributed by atoms with Gasteiger partial charge in [-0.05, 0) is 49.7 Å². The molecule has 0 atom stereocenters. The molecule has 0 saturated carbocycles. The number of fused-ring (bicyclic) bond motifs is 1. The van der Waals surface area contributed by atoms with Crippen molar-refractivity contribution in [1.82, 2.24) is 4.98 Å². The number of unbranched alkanes of at least 4 members (excludes halogenated alkanes) is 1. The van der Waals surface area contributed by atoms with Crippen LogP contribution in [0.1, 0.15) is 41.4 Å². The fourth-order valence-electron chi connectivity index (χ4n) is 2.77. The van der Waals surface area contributed by atoms with Gasteiger partial charge in [0.2, 0.25) is 0 Å². The zero-order chi connectivity index (χ0) is 17.1. The zero-order valence-corrected chi connectivity index (χ0v) is 14.6. The summed E-state index contributed by atoms with van der Waals surface area (Å²) in [5, 5.41) is 1.53. The van der Waals surface area contributed by atoms with Crippen LogP contribution < -0.4 is 4.74 Å². The zero-order valence-electron chi connectivity index (χ0n) is 13.9. The summed E-state index contributed by atoms with van der Waals surface area (Å²) in [5.41, 5.74) is 3.11. The molecule has 0 aliphatic heterocycles. The highest BCUT2D eigenvalue weighted by atomic mass is 35.5. The van der Waals surface area contributed by atoms with Crippen LogP contribution in [-0.2, 0) is 0 Å². The quantitative estimate of drug-likeness (QED) is 0.472. The van der Waals surface area contributed by atoms with Gasteiger partial charge < -0.3 is 9.72 Å². The van der Waals surface area contributed by atoms with Crippen molar-refractivity contribution in [2.24, 2.45) is 0 Å². The minimum absolute atomic E-state index is 0.00457. The van der Waals surface area contributed by atoms with Crippen LogP contribution in [0.15, 0.2) is 42.5 Å². The summed E-state index contributed by atoms with van der Waals surface area (Å²) in [7, 11) is 0. The van der Waals surface area contributed by atoms with Crippen LogP contribution >= 0.6 is 11.6 Å². The van der Waals surface area contributed by atoms with Gasteiger partial charge in [0, 0.05) is 27.7 Å². The maximum atomic E-state index is 12.9. The van der Waals surface area contributed by atoms with E-state index in [-0.39, 0.29) is 5.78 Å². The summed E-state index contributed by atoms with van der Waals surface area (Å²) in [5.74, 6) is 0.817. The minimum Gasteiger partial charge on any atom is -0.494 e. The summed E-state index contributed by atoms with van der Waals surface area (Å²) in [6.07, 6.45) is 2.13. The van der Waals surface area contributed by atoms with Gasteiger partial charge >= 0.3 is 0 Å². The number of rotatable bonds is 6. The standard InChI is InChI=1S/C20H20ClNO2/c1-3-4-11-24-16-9-10-17-18(12-16)22-13(2)19(17)20(23)14-5-7-15(21)8-6-14/h5-10,12,22H,3-4,11H2,1-2H3. The number of aromatic amines is 1. The third-order valence-electron chi connectivity index (χ3n) is 4.06. The lowest BCUT2D eigenvalue weighted by Crippen LogP contribution is -2.02. The van der Waals surface area contributed by atoms with Crippen molar-refractivity contribution in [3.8, 4) is 5.75 Å². The molecule has 0 unspecified atom stereocenters. The molecule has 3 nitrogen and oxygen atoms in total. The van der Waals surface area contributed by atoms with Crippen LogP contribution in [0.2, 0.25) is 5.02 Å². The van der Waals surface area contributed by atoms with E-state index < -0.39 is 0 Å². The molecule has 0 fully saturated rings. The van der Waals surface area contributed by atoms with Gasteiger partial charge in [-0.25, -0.2) is 0 Å². The molecule has 1 N–H and O–H groups in total. The summed E-state index contributed by atoms with van der Waals surface area (Å²) in [4.78, 5) is 16.1.